The second-order valence-corrected chi connectivity index (χ2v) is 4.26. The molecule has 0 amide bonds. The van der Waals surface area contributed by atoms with E-state index in [4.69, 9.17) is 5.11 Å². The molecule has 2 heteroatoms. The number of aromatic nitrogens is 1. The van der Waals surface area contributed by atoms with Crippen molar-refractivity contribution in [2.45, 2.75) is 26.7 Å². The number of para-hydroxylation sites is 1. The first-order valence-corrected chi connectivity index (χ1v) is 5.87. The zero-order valence-corrected chi connectivity index (χ0v) is 10.2. The van der Waals surface area contributed by atoms with Gasteiger partial charge in [-0.2, -0.15) is 0 Å². The topological polar surface area (TPSA) is 25.2 Å². The van der Waals surface area contributed by atoms with E-state index in [1.807, 2.05) is 0 Å². The van der Waals surface area contributed by atoms with E-state index >= 15 is 0 Å². The van der Waals surface area contributed by atoms with Crippen molar-refractivity contribution in [3.8, 4) is 0 Å². The number of rotatable bonds is 3. The van der Waals surface area contributed by atoms with Gasteiger partial charge in [0, 0.05) is 24.7 Å². The molecule has 0 spiro atoms. The first-order valence-electron chi connectivity index (χ1n) is 5.87. The lowest BCUT2D eigenvalue weighted by Gasteiger charge is -2.03. The molecule has 0 atom stereocenters. The van der Waals surface area contributed by atoms with Gasteiger partial charge in [0.15, 0.2) is 0 Å². The van der Waals surface area contributed by atoms with Gasteiger partial charge in [0.25, 0.3) is 0 Å². The third-order valence-electron chi connectivity index (χ3n) is 3.46. The van der Waals surface area contributed by atoms with Crippen LogP contribution in [0.4, 0.5) is 0 Å². The summed E-state index contributed by atoms with van der Waals surface area (Å²) in [7, 11) is 2.11. The third-order valence-corrected chi connectivity index (χ3v) is 3.46. The summed E-state index contributed by atoms with van der Waals surface area (Å²) in [4.78, 5) is 0. The first-order chi connectivity index (χ1) is 7.70. The molecule has 2 rings (SSSR count). The van der Waals surface area contributed by atoms with Crippen LogP contribution < -0.4 is 0 Å². The van der Waals surface area contributed by atoms with Crippen molar-refractivity contribution >= 4 is 10.9 Å². The van der Waals surface area contributed by atoms with Crippen LogP contribution in [0, 0.1) is 6.92 Å². The number of aryl methyl sites for hydroxylation is 2. The fourth-order valence-corrected chi connectivity index (χ4v) is 2.51. The standard InChI is InChI=1S/C14H19NO/c1-4-11-6-5-7-13-12(8-9-16)10(2)15(3)14(11)13/h5-7,16H,4,8-9H2,1-3H3. The smallest absolute Gasteiger partial charge is 0.0515 e. The molecule has 0 saturated heterocycles. The van der Waals surface area contributed by atoms with Crippen molar-refractivity contribution in [3.05, 3.63) is 35.0 Å². The monoisotopic (exact) mass is 217 g/mol. The Morgan fingerprint density at radius 1 is 1.31 bits per heavy atom. The molecule has 0 bridgehead atoms. The fourth-order valence-electron chi connectivity index (χ4n) is 2.51. The lowest BCUT2D eigenvalue weighted by molar-refractivity contribution is 0.299. The van der Waals surface area contributed by atoms with Gasteiger partial charge in [0.1, 0.15) is 0 Å². The lowest BCUT2D eigenvalue weighted by atomic mass is 10.0. The Labute approximate surface area is 96.5 Å². The van der Waals surface area contributed by atoms with Crippen LogP contribution in [-0.2, 0) is 19.9 Å². The van der Waals surface area contributed by atoms with E-state index in [2.05, 4.69) is 43.7 Å². The molecule has 1 aromatic carbocycles. The van der Waals surface area contributed by atoms with Crippen LogP contribution in [0.2, 0.25) is 0 Å². The molecule has 16 heavy (non-hydrogen) atoms. The second-order valence-electron chi connectivity index (χ2n) is 4.26. The average Bonchev–Trinajstić information content (AvgIpc) is 2.55. The van der Waals surface area contributed by atoms with Gasteiger partial charge in [0.05, 0.1) is 5.52 Å². The minimum Gasteiger partial charge on any atom is -0.396 e. The minimum absolute atomic E-state index is 0.219. The number of hydrogen-bond donors (Lipinski definition) is 1. The number of nitrogens with zero attached hydrogens (tertiary/aromatic N) is 1. The quantitative estimate of drug-likeness (QED) is 0.840. The van der Waals surface area contributed by atoms with Crippen LogP contribution >= 0.6 is 0 Å². The third kappa shape index (κ3) is 1.54. The van der Waals surface area contributed by atoms with Crippen molar-refractivity contribution in [1.29, 1.82) is 0 Å². The Hall–Kier alpha value is -1.28. The number of benzene rings is 1. The summed E-state index contributed by atoms with van der Waals surface area (Å²) in [6.45, 7) is 4.53. The molecule has 0 fully saturated rings. The van der Waals surface area contributed by atoms with E-state index in [0.717, 1.165) is 12.8 Å². The zero-order chi connectivity index (χ0) is 11.7. The molecule has 86 valence electrons. The summed E-state index contributed by atoms with van der Waals surface area (Å²) in [6, 6.07) is 6.46. The van der Waals surface area contributed by atoms with Crippen LogP contribution in [0.25, 0.3) is 10.9 Å². The normalized spacial score (nSPS) is 11.2. The number of aliphatic hydroxyl groups is 1. The van der Waals surface area contributed by atoms with Gasteiger partial charge in [-0.05, 0) is 30.9 Å². The number of hydrogen-bond acceptors (Lipinski definition) is 1. The highest BCUT2D eigenvalue weighted by Gasteiger charge is 2.13. The van der Waals surface area contributed by atoms with E-state index in [0.29, 0.717) is 0 Å². The van der Waals surface area contributed by atoms with Gasteiger partial charge in [-0.25, -0.2) is 0 Å². The van der Waals surface area contributed by atoms with Crippen LogP contribution in [0.1, 0.15) is 23.7 Å². The van der Waals surface area contributed by atoms with E-state index in [9.17, 15) is 0 Å². The molecule has 0 aliphatic rings. The molecule has 0 radical (unpaired) electrons. The van der Waals surface area contributed by atoms with Gasteiger partial charge in [0.2, 0.25) is 0 Å². The van der Waals surface area contributed by atoms with E-state index < -0.39 is 0 Å². The predicted octanol–water partition coefficient (Wildman–Crippen LogP) is 2.58. The largest absolute Gasteiger partial charge is 0.396 e. The number of aliphatic hydroxyl groups excluding tert-OH is 1. The van der Waals surface area contributed by atoms with Crippen molar-refractivity contribution in [3.63, 3.8) is 0 Å². The van der Waals surface area contributed by atoms with Crippen molar-refractivity contribution in [1.82, 2.24) is 4.57 Å². The first kappa shape index (κ1) is 11.2. The summed E-state index contributed by atoms with van der Waals surface area (Å²) in [5.74, 6) is 0. The molecule has 0 saturated carbocycles. The van der Waals surface area contributed by atoms with Crippen LogP contribution in [0.3, 0.4) is 0 Å². The molecule has 2 nitrogen and oxygen atoms in total. The Bertz CT molecular complexity index is 511. The van der Waals surface area contributed by atoms with Gasteiger partial charge in [-0.15, -0.1) is 0 Å². The molecule has 0 aliphatic heterocycles. The number of fused-ring (bicyclic) bond motifs is 1. The average molecular weight is 217 g/mol. The molecule has 1 N–H and O–H groups in total. The molecular formula is C14H19NO. The molecule has 1 aromatic heterocycles. The predicted molar refractivity (Wildman–Crippen MR) is 67.8 cm³/mol. The van der Waals surface area contributed by atoms with Crippen molar-refractivity contribution < 1.29 is 5.11 Å². The van der Waals surface area contributed by atoms with Crippen molar-refractivity contribution in [2.75, 3.05) is 6.61 Å². The second kappa shape index (κ2) is 4.30. The Morgan fingerprint density at radius 2 is 2.06 bits per heavy atom. The highest BCUT2D eigenvalue weighted by molar-refractivity contribution is 5.88. The summed E-state index contributed by atoms with van der Waals surface area (Å²) < 4.78 is 2.25. The summed E-state index contributed by atoms with van der Waals surface area (Å²) >= 11 is 0. The van der Waals surface area contributed by atoms with Crippen LogP contribution in [-0.4, -0.2) is 16.3 Å². The summed E-state index contributed by atoms with van der Waals surface area (Å²) in [6.07, 6.45) is 1.80. The van der Waals surface area contributed by atoms with E-state index in [1.54, 1.807) is 0 Å². The van der Waals surface area contributed by atoms with Gasteiger partial charge >= 0.3 is 0 Å². The summed E-state index contributed by atoms with van der Waals surface area (Å²) in [5, 5.41) is 10.4. The molecule has 2 aromatic rings. The molecule has 1 heterocycles. The Kier molecular flexibility index (Phi) is 3.01. The summed E-state index contributed by atoms with van der Waals surface area (Å²) in [5.41, 5.74) is 5.26. The maximum atomic E-state index is 9.13. The molecule has 0 aliphatic carbocycles. The highest BCUT2D eigenvalue weighted by Crippen LogP contribution is 2.28. The highest BCUT2D eigenvalue weighted by atomic mass is 16.2. The maximum absolute atomic E-state index is 9.13. The van der Waals surface area contributed by atoms with Gasteiger partial charge in [-0.3, -0.25) is 0 Å². The maximum Gasteiger partial charge on any atom is 0.0515 e. The van der Waals surface area contributed by atoms with Crippen LogP contribution in [0.5, 0.6) is 0 Å². The SMILES string of the molecule is CCc1cccc2c(CCO)c(C)n(C)c12. The van der Waals surface area contributed by atoms with Crippen LogP contribution in [0.15, 0.2) is 18.2 Å². The van der Waals surface area contributed by atoms with E-state index in [1.165, 1.54) is 27.7 Å². The Balaban J connectivity index is 2.78. The zero-order valence-electron chi connectivity index (χ0n) is 10.2. The molecular weight excluding hydrogens is 198 g/mol. The lowest BCUT2D eigenvalue weighted by Crippen LogP contribution is -1.96. The molecule has 0 unspecified atom stereocenters. The minimum atomic E-state index is 0.219. The van der Waals surface area contributed by atoms with Crippen molar-refractivity contribution in [2.24, 2.45) is 7.05 Å². The van der Waals surface area contributed by atoms with E-state index in [-0.39, 0.29) is 6.61 Å². The fraction of sp³-hybridized carbons (Fsp3) is 0.429. The van der Waals surface area contributed by atoms with Gasteiger partial charge in [-0.1, -0.05) is 25.1 Å². The van der Waals surface area contributed by atoms with Gasteiger partial charge < -0.3 is 9.67 Å². The Morgan fingerprint density at radius 3 is 2.69 bits per heavy atom.